The SMILES string of the molecule is CNc1ccc(OC2CCN(C)CC2)cn1. The maximum Gasteiger partial charge on any atom is 0.138 e. The first kappa shape index (κ1) is 11.2. The molecule has 1 aliphatic rings. The van der Waals surface area contributed by atoms with Crippen molar-refractivity contribution in [1.82, 2.24) is 9.88 Å². The first-order valence-corrected chi connectivity index (χ1v) is 5.77. The highest BCUT2D eigenvalue weighted by Crippen LogP contribution is 2.18. The quantitative estimate of drug-likeness (QED) is 0.841. The molecule has 2 rings (SSSR count). The fourth-order valence-corrected chi connectivity index (χ4v) is 1.89. The molecule has 1 N–H and O–H groups in total. The van der Waals surface area contributed by atoms with Gasteiger partial charge in [-0.05, 0) is 32.0 Å². The summed E-state index contributed by atoms with van der Waals surface area (Å²) in [6.45, 7) is 2.24. The molecule has 1 aromatic heterocycles. The molecule has 0 unspecified atom stereocenters. The van der Waals surface area contributed by atoms with Crippen molar-refractivity contribution in [3.8, 4) is 5.75 Å². The van der Waals surface area contributed by atoms with Gasteiger partial charge in [-0.3, -0.25) is 0 Å². The van der Waals surface area contributed by atoms with E-state index in [0.717, 1.165) is 37.5 Å². The summed E-state index contributed by atoms with van der Waals surface area (Å²) in [5.41, 5.74) is 0. The largest absolute Gasteiger partial charge is 0.489 e. The van der Waals surface area contributed by atoms with Crippen molar-refractivity contribution in [3.63, 3.8) is 0 Å². The number of hydrogen-bond acceptors (Lipinski definition) is 4. The molecule has 0 aliphatic carbocycles. The van der Waals surface area contributed by atoms with Gasteiger partial charge in [-0.15, -0.1) is 0 Å². The van der Waals surface area contributed by atoms with Crippen LogP contribution in [0, 0.1) is 0 Å². The lowest BCUT2D eigenvalue weighted by Gasteiger charge is -2.29. The lowest BCUT2D eigenvalue weighted by molar-refractivity contribution is 0.114. The molecule has 1 fully saturated rings. The lowest BCUT2D eigenvalue weighted by atomic mass is 10.1. The van der Waals surface area contributed by atoms with E-state index in [1.165, 1.54) is 0 Å². The highest BCUT2D eigenvalue weighted by atomic mass is 16.5. The fraction of sp³-hybridized carbons (Fsp3) is 0.583. The first-order valence-electron chi connectivity index (χ1n) is 5.77. The van der Waals surface area contributed by atoms with Crippen molar-refractivity contribution in [3.05, 3.63) is 18.3 Å². The normalized spacial score (nSPS) is 18.4. The Kier molecular flexibility index (Phi) is 3.62. The smallest absolute Gasteiger partial charge is 0.138 e. The van der Waals surface area contributed by atoms with Crippen LogP contribution in [0.15, 0.2) is 18.3 Å². The second kappa shape index (κ2) is 5.16. The van der Waals surface area contributed by atoms with Crippen LogP contribution in [0.5, 0.6) is 5.75 Å². The van der Waals surface area contributed by atoms with Gasteiger partial charge in [-0.1, -0.05) is 0 Å². The summed E-state index contributed by atoms with van der Waals surface area (Å²) in [4.78, 5) is 6.57. The number of piperidine rings is 1. The standard InChI is InChI=1S/C12H19N3O/c1-13-12-4-3-11(9-14-12)16-10-5-7-15(2)8-6-10/h3-4,9-10H,5-8H2,1-2H3,(H,13,14). The highest BCUT2D eigenvalue weighted by molar-refractivity contribution is 5.36. The van der Waals surface area contributed by atoms with Crippen LogP contribution >= 0.6 is 0 Å². The third-order valence-electron chi connectivity index (χ3n) is 2.96. The predicted octanol–water partition coefficient (Wildman–Crippen LogP) is 1.60. The molecular weight excluding hydrogens is 202 g/mol. The zero-order valence-corrected chi connectivity index (χ0v) is 9.94. The highest BCUT2D eigenvalue weighted by Gasteiger charge is 2.17. The number of likely N-dealkylation sites (tertiary alicyclic amines) is 1. The van der Waals surface area contributed by atoms with Crippen LogP contribution in [0.3, 0.4) is 0 Å². The van der Waals surface area contributed by atoms with E-state index in [-0.39, 0.29) is 0 Å². The van der Waals surface area contributed by atoms with Crippen molar-refractivity contribution < 1.29 is 4.74 Å². The second-order valence-electron chi connectivity index (χ2n) is 4.25. The molecule has 0 bridgehead atoms. The summed E-state index contributed by atoms with van der Waals surface area (Å²) in [5.74, 6) is 1.74. The molecule has 0 amide bonds. The number of rotatable bonds is 3. The molecule has 88 valence electrons. The van der Waals surface area contributed by atoms with Gasteiger partial charge in [-0.25, -0.2) is 4.98 Å². The number of nitrogens with zero attached hydrogens (tertiary/aromatic N) is 2. The Hall–Kier alpha value is -1.29. The lowest BCUT2D eigenvalue weighted by Crippen LogP contribution is -2.35. The number of anilines is 1. The van der Waals surface area contributed by atoms with Gasteiger partial charge in [0.2, 0.25) is 0 Å². The Labute approximate surface area is 96.6 Å². The van der Waals surface area contributed by atoms with Crippen molar-refractivity contribution in [2.75, 3.05) is 32.5 Å². The maximum atomic E-state index is 5.89. The van der Waals surface area contributed by atoms with Gasteiger partial charge in [0.05, 0.1) is 6.20 Å². The molecule has 4 heteroatoms. The second-order valence-corrected chi connectivity index (χ2v) is 4.25. The van der Waals surface area contributed by atoms with Crippen LogP contribution in [0.4, 0.5) is 5.82 Å². The van der Waals surface area contributed by atoms with Gasteiger partial charge in [0.1, 0.15) is 17.7 Å². The third kappa shape index (κ3) is 2.85. The number of hydrogen-bond donors (Lipinski definition) is 1. The molecule has 1 saturated heterocycles. The fourth-order valence-electron chi connectivity index (χ4n) is 1.89. The van der Waals surface area contributed by atoms with Gasteiger partial charge >= 0.3 is 0 Å². The molecule has 16 heavy (non-hydrogen) atoms. The van der Waals surface area contributed by atoms with Gasteiger partial charge in [0, 0.05) is 20.1 Å². The Morgan fingerprint density at radius 1 is 1.38 bits per heavy atom. The molecule has 1 aromatic rings. The van der Waals surface area contributed by atoms with Crippen molar-refractivity contribution in [1.29, 1.82) is 0 Å². The molecule has 4 nitrogen and oxygen atoms in total. The number of ether oxygens (including phenoxy) is 1. The van der Waals surface area contributed by atoms with E-state index in [2.05, 4.69) is 22.2 Å². The van der Waals surface area contributed by atoms with Gasteiger partial charge < -0.3 is 15.0 Å². The van der Waals surface area contributed by atoms with E-state index in [0.29, 0.717) is 6.10 Å². The summed E-state index contributed by atoms with van der Waals surface area (Å²) >= 11 is 0. The molecule has 1 aliphatic heterocycles. The van der Waals surface area contributed by atoms with Gasteiger partial charge in [-0.2, -0.15) is 0 Å². The summed E-state index contributed by atoms with van der Waals surface area (Å²) < 4.78 is 5.89. The van der Waals surface area contributed by atoms with Gasteiger partial charge in [0.15, 0.2) is 0 Å². The van der Waals surface area contributed by atoms with E-state index < -0.39 is 0 Å². The van der Waals surface area contributed by atoms with Crippen molar-refractivity contribution in [2.45, 2.75) is 18.9 Å². The minimum absolute atomic E-state index is 0.346. The van der Waals surface area contributed by atoms with Crippen LogP contribution in [0.25, 0.3) is 0 Å². The molecule has 2 heterocycles. The van der Waals surface area contributed by atoms with Crippen LogP contribution < -0.4 is 10.1 Å². The monoisotopic (exact) mass is 221 g/mol. The van der Waals surface area contributed by atoms with E-state index in [1.54, 1.807) is 6.20 Å². The third-order valence-corrected chi connectivity index (χ3v) is 2.96. The van der Waals surface area contributed by atoms with Crippen LogP contribution in [-0.4, -0.2) is 43.2 Å². The molecular formula is C12H19N3O. The zero-order valence-electron chi connectivity index (χ0n) is 9.94. The average molecular weight is 221 g/mol. The Morgan fingerprint density at radius 2 is 2.12 bits per heavy atom. The van der Waals surface area contributed by atoms with Crippen LogP contribution in [0.1, 0.15) is 12.8 Å². The predicted molar refractivity (Wildman–Crippen MR) is 64.9 cm³/mol. The molecule has 0 saturated carbocycles. The first-order chi connectivity index (χ1) is 7.78. The Balaban J connectivity index is 1.88. The summed E-state index contributed by atoms with van der Waals surface area (Å²) in [5, 5.41) is 2.99. The van der Waals surface area contributed by atoms with Crippen molar-refractivity contribution in [2.24, 2.45) is 0 Å². The number of aromatic nitrogens is 1. The van der Waals surface area contributed by atoms with E-state index in [1.807, 2.05) is 19.2 Å². The van der Waals surface area contributed by atoms with E-state index in [4.69, 9.17) is 4.74 Å². The number of pyridine rings is 1. The van der Waals surface area contributed by atoms with E-state index >= 15 is 0 Å². The summed E-state index contributed by atoms with van der Waals surface area (Å²) in [7, 11) is 4.01. The average Bonchev–Trinajstić information content (AvgIpc) is 2.33. The minimum Gasteiger partial charge on any atom is -0.489 e. The molecule has 0 radical (unpaired) electrons. The molecule has 0 atom stereocenters. The molecule has 0 aromatic carbocycles. The summed E-state index contributed by atoms with van der Waals surface area (Å²) in [6, 6.07) is 3.90. The topological polar surface area (TPSA) is 37.4 Å². The minimum atomic E-state index is 0.346. The maximum absolute atomic E-state index is 5.89. The zero-order chi connectivity index (χ0) is 11.4. The van der Waals surface area contributed by atoms with Crippen molar-refractivity contribution >= 4 is 5.82 Å². The van der Waals surface area contributed by atoms with Gasteiger partial charge in [0.25, 0.3) is 0 Å². The Bertz CT molecular complexity index is 318. The Morgan fingerprint density at radius 3 is 2.69 bits per heavy atom. The van der Waals surface area contributed by atoms with E-state index in [9.17, 15) is 0 Å². The van der Waals surface area contributed by atoms with Crippen LogP contribution in [0.2, 0.25) is 0 Å². The van der Waals surface area contributed by atoms with Crippen LogP contribution in [-0.2, 0) is 0 Å². The summed E-state index contributed by atoms with van der Waals surface area (Å²) in [6.07, 6.45) is 4.33. The molecule has 0 spiro atoms. The number of nitrogens with one attached hydrogen (secondary N) is 1.